The molecule has 2 bridgehead atoms. The van der Waals surface area contributed by atoms with E-state index in [1.54, 1.807) is 23.1 Å². The number of nitrogens with one attached hydrogen (secondary N) is 1. The minimum Gasteiger partial charge on any atom is -0.468 e. The van der Waals surface area contributed by atoms with Crippen molar-refractivity contribution in [2.24, 2.45) is 29.6 Å². The molecule has 1 N–H and O–H groups in total. The second kappa shape index (κ2) is 7.51. The van der Waals surface area contributed by atoms with Crippen molar-refractivity contribution in [1.29, 1.82) is 0 Å². The van der Waals surface area contributed by atoms with Gasteiger partial charge in [0.1, 0.15) is 6.54 Å². The highest BCUT2D eigenvalue weighted by atomic mass is 79.9. The number of benzene rings is 1. The van der Waals surface area contributed by atoms with Crippen molar-refractivity contribution >= 4 is 69.0 Å². The Morgan fingerprint density at radius 3 is 2.75 bits per heavy atom. The maximum atomic E-state index is 13.3. The largest absolute Gasteiger partial charge is 0.468 e. The van der Waals surface area contributed by atoms with E-state index in [4.69, 9.17) is 17.0 Å². The molecule has 6 rings (SSSR count). The van der Waals surface area contributed by atoms with Crippen molar-refractivity contribution in [2.45, 2.75) is 22.6 Å². The molecular formula is C22H19BrN2O4S3. The third kappa shape index (κ3) is 2.88. The molecule has 1 saturated heterocycles. The van der Waals surface area contributed by atoms with Crippen LogP contribution >= 0.6 is 51.2 Å². The maximum Gasteiger partial charge on any atom is 0.325 e. The summed E-state index contributed by atoms with van der Waals surface area (Å²) in [6.45, 7) is -0.293. The SMILES string of the molecule is COC(=O)CN1C(=O)C2C3CC(C2C1=O)C1C(c2cccc(Br)c2)c2sc(=S)[nH]c2SC31. The number of carbonyl (C=O) groups is 3. The van der Waals surface area contributed by atoms with E-state index >= 15 is 0 Å². The number of hydrogen-bond acceptors (Lipinski definition) is 7. The molecule has 3 fully saturated rings. The smallest absolute Gasteiger partial charge is 0.325 e. The van der Waals surface area contributed by atoms with Crippen LogP contribution in [0.5, 0.6) is 0 Å². The monoisotopic (exact) mass is 550 g/mol. The van der Waals surface area contributed by atoms with Gasteiger partial charge < -0.3 is 9.72 Å². The normalized spacial score (nSPS) is 34.4. The van der Waals surface area contributed by atoms with Gasteiger partial charge in [-0.25, -0.2) is 0 Å². The molecule has 4 aliphatic rings. The van der Waals surface area contributed by atoms with Gasteiger partial charge in [-0.1, -0.05) is 28.1 Å². The molecule has 7 atom stereocenters. The Balaban J connectivity index is 1.43. The van der Waals surface area contributed by atoms with Gasteiger partial charge in [0.15, 0.2) is 3.95 Å². The molecule has 2 aliphatic heterocycles. The number of likely N-dealkylation sites (tertiary alicyclic amines) is 1. The summed E-state index contributed by atoms with van der Waals surface area (Å²) in [5.74, 6) is -1.07. The van der Waals surface area contributed by atoms with Gasteiger partial charge in [0, 0.05) is 20.5 Å². The van der Waals surface area contributed by atoms with Crippen LogP contribution in [0.4, 0.5) is 0 Å². The van der Waals surface area contributed by atoms with E-state index in [2.05, 4.69) is 33.0 Å². The molecule has 166 valence electrons. The molecule has 2 aliphatic carbocycles. The Kier molecular flexibility index (Phi) is 4.95. The van der Waals surface area contributed by atoms with E-state index in [-0.39, 0.29) is 59.1 Å². The minimum atomic E-state index is -0.562. The van der Waals surface area contributed by atoms with E-state index < -0.39 is 5.97 Å². The second-order valence-corrected chi connectivity index (χ2v) is 12.7. The number of aromatic nitrogens is 1. The number of thiazole rings is 1. The van der Waals surface area contributed by atoms with Crippen molar-refractivity contribution in [3.8, 4) is 0 Å². The molecule has 1 aromatic heterocycles. The first-order valence-electron chi connectivity index (χ1n) is 10.5. The molecule has 0 radical (unpaired) electrons. The zero-order valence-corrected chi connectivity index (χ0v) is 21.0. The van der Waals surface area contributed by atoms with Crippen molar-refractivity contribution in [3.63, 3.8) is 0 Å². The number of methoxy groups -OCH3 is 1. The summed E-state index contributed by atoms with van der Waals surface area (Å²) in [5, 5.41) is 1.33. The predicted molar refractivity (Wildman–Crippen MR) is 126 cm³/mol. The second-order valence-electron chi connectivity index (χ2n) is 8.85. The molecule has 32 heavy (non-hydrogen) atoms. The van der Waals surface area contributed by atoms with Crippen LogP contribution in [0.15, 0.2) is 33.8 Å². The van der Waals surface area contributed by atoms with Crippen LogP contribution in [-0.4, -0.2) is 46.6 Å². The third-order valence-corrected chi connectivity index (χ3v) is 11.0. The Morgan fingerprint density at radius 1 is 1.28 bits per heavy atom. The van der Waals surface area contributed by atoms with Crippen molar-refractivity contribution in [2.75, 3.05) is 13.7 Å². The fourth-order valence-electron chi connectivity index (χ4n) is 6.50. The van der Waals surface area contributed by atoms with Crippen molar-refractivity contribution < 1.29 is 19.1 Å². The molecule has 6 nitrogen and oxygen atoms in total. The third-order valence-electron chi connectivity index (χ3n) is 7.54. The van der Waals surface area contributed by atoms with Crippen LogP contribution < -0.4 is 0 Å². The lowest BCUT2D eigenvalue weighted by Crippen LogP contribution is -2.42. The van der Waals surface area contributed by atoms with Crippen LogP contribution in [0.2, 0.25) is 0 Å². The zero-order valence-electron chi connectivity index (χ0n) is 16.9. The fraction of sp³-hybridized carbons (Fsp3) is 0.455. The predicted octanol–water partition coefficient (Wildman–Crippen LogP) is 4.21. The molecule has 2 aromatic rings. The summed E-state index contributed by atoms with van der Waals surface area (Å²) >= 11 is 12.5. The highest BCUT2D eigenvalue weighted by Crippen LogP contribution is 2.68. The highest BCUT2D eigenvalue weighted by Gasteiger charge is 2.69. The first-order valence-corrected chi connectivity index (χ1v) is 13.4. The Morgan fingerprint density at radius 2 is 2.03 bits per heavy atom. The van der Waals surface area contributed by atoms with Crippen LogP contribution in [0.25, 0.3) is 0 Å². The lowest BCUT2D eigenvalue weighted by molar-refractivity contribution is -0.151. The van der Waals surface area contributed by atoms with Crippen LogP contribution in [0, 0.1) is 33.5 Å². The highest BCUT2D eigenvalue weighted by molar-refractivity contribution is 9.10. The number of hydrogen-bond donors (Lipinski definition) is 1. The van der Waals surface area contributed by atoms with Gasteiger partial charge in [0.25, 0.3) is 0 Å². The maximum absolute atomic E-state index is 13.3. The van der Waals surface area contributed by atoms with Gasteiger partial charge in [-0.2, -0.15) is 0 Å². The quantitative estimate of drug-likeness (QED) is 0.350. The van der Waals surface area contributed by atoms with Gasteiger partial charge in [-0.15, -0.1) is 23.1 Å². The number of esters is 1. The number of nitrogens with zero attached hydrogens (tertiary/aromatic N) is 1. The molecule has 0 spiro atoms. The molecule has 2 saturated carbocycles. The number of rotatable bonds is 3. The number of imide groups is 1. The number of halogens is 1. The summed E-state index contributed by atoms with van der Waals surface area (Å²) in [6, 6.07) is 8.35. The average molecular weight is 552 g/mol. The number of carbonyl (C=O) groups excluding carboxylic acids is 3. The van der Waals surface area contributed by atoms with Gasteiger partial charge >= 0.3 is 5.97 Å². The molecular weight excluding hydrogens is 532 g/mol. The zero-order chi connectivity index (χ0) is 22.3. The summed E-state index contributed by atoms with van der Waals surface area (Å²) in [6.07, 6.45) is 0.876. The first kappa shape index (κ1) is 21.1. The minimum absolute atomic E-state index is 0.106. The number of aromatic amines is 1. The van der Waals surface area contributed by atoms with E-state index in [0.717, 1.165) is 24.8 Å². The Labute approximate surface area is 206 Å². The number of ether oxygens (including phenoxy) is 1. The molecule has 2 amide bonds. The first-order chi connectivity index (χ1) is 15.4. The Hall–Kier alpha value is -1.49. The van der Waals surface area contributed by atoms with Gasteiger partial charge in [0.2, 0.25) is 11.8 Å². The van der Waals surface area contributed by atoms with Crippen LogP contribution in [0.3, 0.4) is 0 Å². The average Bonchev–Trinajstić information content (AvgIpc) is 3.49. The summed E-state index contributed by atoms with van der Waals surface area (Å²) in [4.78, 5) is 44.1. The molecule has 3 heterocycles. The van der Waals surface area contributed by atoms with E-state index in [1.165, 1.54) is 17.6 Å². The van der Waals surface area contributed by atoms with E-state index in [9.17, 15) is 14.4 Å². The Bertz CT molecular complexity index is 1230. The van der Waals surface area contributed by atoms with E-state index in [0.29, 0.717) is 0 Å². The molecule has 10 heteroatoms. The van der Waals surface area contributed by atoms with E-state index in [1.807, 2.05) is 12.1 Å². The van der Waals surface area contributed by atoms with Gasteiger partial charge in [-0.3, -0.25) is 19.3 Å². The summed E-state index contributed by atoms with van der Waals surface area (Å²) in [5.41, 5.74) is 1.20. The number of fused-ring (bicyclic) bond motifs is 9. The summed E-state index contributed by atoms with van der Waals surface area (Å²) < 4.78 is 6.49. The summed E-state index contributed by atoms with van der Waals surface area (Å²) in [7, 11) is 1.27. The van der Waals surface area contributed by atoms with Crippen LogP contribution in [-0.2, 0) is 19.1 Å². The topological polar surface area (TPSA) is 79.5 Å². The molecule has 7 unspecified atom stereocenters. The van der Waals surface area contributed by atoms with Crippen molar-refractivity contribution in [1.82, 2.24) is 9.88 Å². The van der Waals surface area contributed by atoms with Gasteiger partial charge in [0.05, 0.1) is 24.0 Å². The van der Waals surface area contributed by atoms with Crippen molar-refractivity contribution in [3.05, 3.63) is 43.1 Å². The number of H-pyrrole nitrogens is 1. The lowest BCUT2D eigenvalue weighted by atomic mass is 9.68. The number of thioether (sulfide) groups is 1. The standard InChI is InChI=1S/C22H19BrN2O4S3/c1-29-12(26)7-25-20(27)15-10-6-11(16(15)21(25)28)17-14(10)13(8-3-2-4-9(23)5-8)18-19(31-17)24-22(30)32-18/h2-5,10-11,13-17H,6-7H2,1H3,(H,24,30). The molecule has 1 aromatic carbocycles. The van der Waals surface area contributed by atoms with Crippen LogP contribution in [0.1, 0.15) is 22.8 Å². The van der Waals surface area contributed by atoms with Gasteiger partial charge in [-0.05, 0) is 54.1 Å². The fourth-order valence-corrected chi connectivity index (χ4v) is 10.3. The lowest BCUT2D eigenvalue weighted by Gasteiger charge is -2.43. The number of amides is 2.